The van der Waals surface area contributed by atoms with Gasteiger partial charge in [0, 0.05) is 32.7 Å². The molecule has 2 aromatic carbocycles. The van der Waals surface area contributed by atoms with Crippen molar-refractivity contribution < 1.29 is 19.4 Å². The largest absolute Gasteiger partial charge is 0.478 e. The van der Waals surface area contributed by atoms with Gasteiger partial charge in [0.1, 0.15) is 0 Å². The highest BCUT2D eigenvalue weighted by atomic mass is 16.5. The van der Waals surface area contributed by atoms with Gasteiger partial charge in [-0.25, -0.2) is 4.79 Å². The zero-order valence-corrected chi connectivity index (χ0v) is 16.0. The van der Waals surface area contributed by atoms with E-state index in [1.165, 1.54) is 0 Å². The lowest BCUT2D eigenvalue weighted by Gasteiger charge is -2.30. The van der Waals surface area contributed by atoms with Crippen molar-refractivity contribution in [2.75, 3.05) is 19.8 Å². The highest BCUT2D eigenvalue weighted by Gasteiger charge is 2.22. The molecule has 3 rings (SSSR count). The van der Waals surface area contributed by atoms with Gasteiger partial charge in [0.25, 0.3) is 0 Å². The van der Waals surface area contributed by atoms with Gasteiger partial charge in [0.2, 0.25) is 5.91 Å². The number of carboxylic acids is 1. The maximum Gasteiger partial charge on any atom is 0.335 e. The Morgan fingerprint density at radius 1 is 1.00 bits per heavy atom. The summed E-state index contributed by atoms with van der Waals surface area (Å²) in [6, 6.07) is 16.9. The number of rotatable bonds is 8. The first-order chi connectivity index (χ1) is 13.6. The van der Waals surface area contributed by atoms with Gasteiger partial charge in [-0.2, -0.15) is 0 Å². The van der Waals surface area contributed by atoms with E-state index in [0.717, 1.165) is 38.2 Å². The summed E-state index contributed by atoms with van der Waals surface area (Å²) in [4.78, 5) is 26.3. The number of aromatic carboxylic acids is 1. The first-order valence-electron chi connectivity index (χ1n) is 9.84. The maximum atomic E-state index is 13.0. The predicted molar refractivity (Wildman–Crippen MR) is 107 cm³/mol. The van der Waals surface area contributed by atoms with Gasteiger partial charge in [-0.3, -0.25) is 4.79 Å². The fourth-order valence-corrected chi connectivity index (χ4v) is 3.65. The van der Waals surface area contributed by atoms with Crippen LogP contribution in [0.3, 0.4) is 0 Å². The van der Waals surface area contributed by atoms with Gasteiger partial charge in [-0.15, -0.1) is 0 Å². The van der Waals surface area contributed by atoms with Crippen LogP contribution in [0.2, 0.25) is 0 Å². The molecule has 148 valence electrons. The Morgan fingerprint density at radius 3 is 2.39 bits per heavy atom. The van der Waals surface area contributed by atoms with Crippen LogP contribution >= 0.6 is 0 Å². The molecule has 0 aliphatic carbocycles. The summed E-state index contributed by atoms with van der Waals surface area (Å²) < 4.78 is 5.44. The molecule has 0 saturated carbocycles. The van der Waals surface area contributed by atoms with Gasteiger partial charge in [0.15, 0.2) is 0 Å². The van der Waals surface area contributed by atoms with E-state index >= 15 is 0 Å². The standard InChI is InChI=1S/C23H27NO4/c25-22(11-10-20-8-4-5-9-21(20)23(26)27)24(16-18-6-2-1-3-7-18)17-19-12-14-28-15-13-19/h1-9,19H,10-17H2,(H,26,27). The van der Waals surface area contributed by atoms with Gasteiger partial charge >= 0.3 is 5.97 Å². The molecule has 0 unspecified atom stereocenters. The summed E-state index contributed by atoms with van der Waals surface area (Å²) in [7, 11) is 0. The summed E-state index contributed by atoms with van der Waals surface area (Å²) in [6.45, 7) is 2.81. The zero-order chi connectivity index (χ0) is 19.8. The number of hydrogen-bond acceptors (Lipinski definition) is 3. The number of hydrogen-bond donors (Lipinski definition) is 1. The number of carbonyl (C=O) groups is 2. The quantitative estimate of drug-likeness (QED) is 0.756. The molecule has 1 aliphatic rings. The van der Waals surface area contributed by atoms with E-state index in [1.807, 2.05) is 41.3 Å². The molecular weight excluding hydrogens is 354 g/mol. The Labute approximate surface area is 165 Å². The summed E-state index contributed by atoms with van der Waals surface area (Å²) in [5.41, 5.74) is 2.08. The summed E-state index contributed by atoms with van der Waals surface area (Å²) in [6.07, 6.45) is 2.68. The molecule has 0 radical (unpaired) electrons. The van der Waals surface area contributed by atoms with Gasteiger partial charge in [0.05, 0.1) is 5.56 Å². The number of carboxylic acid groups (broad SMARTS) is 1. The third-order valence-corrected chi connectivity index (χ3v) is 5.24. The number of aryl methyl sites for hydroxylation is 1. The molecule has 5 nitrogen and oxygen atoms in total. The van der Waals surface area contributed by atoms with Crippen molar-refractivity contribution in [3.63, 3.8) is 0 Å². The normalized spacial score (nSPS) is 14.6. The SMILES string of the molecule is O=C(O)c1ccccc1CCC(=O)N(Cc1ccccc1)CC1CCOCC1. The second-order valence-corrected chi connectivity index (χ2v) is 7.28. The number of benzene rings is 2. The molecule has 1 heterocycles. The van der Waals surface area contributed by atoms with Crippen molar-refractivity contribution >= 4 is 11.9 Å². The molecule has 0 bridgehead atoms. The van der Waals surface area contributed by atoms with Crippen molar-refractivity contribution in [2.45, 2.75) is 32.2 Å². The second kappa shape index (κ2) is 10.0. The van der Waals surface area contributed by atoms with E-state index in [2.05, 4.69) is 0 Å². The minimum absolute atomic E-state index is 0.0653. The van der Waals surface area contributed by atoms with Gasteiger partial charge in [-0.05, 0) is 42.4 Å². The number of amides is 1. The maximum absolute atomic E-state index is 13.0. The Balaban J connectivity index is 1.67. The van der Waals surface area contributed by atoms with Crippen molar-refractivity contribution in [3.05, 3.63) is 71.3 Å². The molecule has 0 atom stereocenters. The van der Waals surface area contributed by atoms with E-state index in [1.54, 1.807) is 18.2 Å². The Kier molecular flexibility index (Phi) is 7.20. The highest BCUT2D eigenvalue weighted by Crippen LogP contribution is 2.19. The predicted octanol–water partition coefficient (Wildman–Crippen LogP) is 3.77. The first-order valence-corrected chi connectivity index (χ1v) is 9.84. The van der Waals surface area contributed by atoms with Crippen LogP contribution in [0.5, 0.6) is 0 Å². The van der Waals surface area contributed by atoms with Crippen molar-refractivity contribution in [3.8, 4) is 0 Å². The number of carbonyl (C=O) groups excluding carboxylic acids is 1. The highest BCUT2D eigenvalue weighted by molar-refractivity contribution is 5.89. The smallest absolute Gasteiger partial charge is 0.335 e. The zero-order valence-electron chi connectivity index (χ0n) is 16.0. The molecule has 2 aromatic rings. The topological polar surface area (TPSA) is 66.8 Å². The van der Waals surface area contributed by atoms with Crippen LogP contribution in [0.4, 0.5) is 0 Å². The lowest BCUT2D eigenvalue weighted by atomic mass is 9.98. The molecule has 0 spiro atoms. The molecule has 0 aromatic heterocycles. The first kappa shape index (κ1) is 20.1. The fourth-order valence-electron chi connectivity index (χ4n) is 3.65. The average molecular weight is 381 g/mol. The van der Waals surface area contributed by atoms with E-state index in [-0.39, 0.29) is 11.5 Å². The Morgan fingerprint density at radius 2 is 1.68 bits per heavy atom. The van der Waals surface area contributed by atoms with Crippen LogP contribution in [0, 0.1) is 5.92 Å². The fraction of sp³-hybridized carbons (Fsp3) is 0.391. The summed E-state index contributed by atoms with van der Waals surface area (Å²) in [5, 5.41) is 9.34. The molecule has 28 heavy (non-hydrogen) atoms. The second-order valence-electron chi connectivity index (χ2n) is 7.28. The van der Waals surface area contributed by atoms with Crippen molar-refractivity contribution in [1.29, 1.82) is 0 Å². The Hall–Kier alpha value is -2.66. The molecule has 1 amide bonds. The minimum atomic E-state index is -0.952. The van der Waals surface area contributed by atoms with Gasteiger partial charge in [-0.1, -0.05) is 48.5 Å². The summed E-state index contributed by atoms with van der Waals surface area (Å²) in [5.74, 6) is -0.436. The van der Waals surface area contributed by atoms with Crippen LogP contribution < -0.4 is 0 Å². The van der Waals surface area contributed by atoms with Crippen LogP contribution in [-0.2, 0) is 22.5 Å². The van der Waals surface area contributed by atoms with Gasteiger partial charge < -0.3 is 14.7 Å². The summed E-state index contributed by atoms with van der Waals surface area (Å²) >= 11 is 0. The number of ether oxygens (including phenoxy) is 1. The lowest BCUT2D eigenvalue weighted by molar-refractivity contribution is -0.133. The lowest BCUT2D eigenvalue weighted by Crippen LogP contribution is -2.37. The van der Waals surface area contributed by atoms with Crippen LogP contribution in [-0.4, -0.2) is 41.6 Å². The molecule has 1 fully saturated rings. The third-order valence-electron chi connectivity index (χ3n) is 5.24. The third kappa shape index (κ3) is 5.67. The van der Waals surface area contributed by atoms with Crippen LogP contribution in [0.15, 0.2) is 54.6 Å². The number of nitrogens with zero attached hydrogens (tertiary/aromatic N) is 1. The monoisotopic (exact) mass is 381 g/mol. The van der Waals surface area contributed by atoms with Crippen molar-refractivity contribution in [1.82, 2.24) is 4.90 Å². The van der Waals surface area contributed by atoms with Crippen LogP contribution in [0.1, 0.15) is 40.7 Å². The minimum Gasteiger partial charge on any atom is -0.478 e. The van der Waals surface area contributed by atoms with Crippen LogP contribution in [0.25, 0.3) is 0 Å². The van der Waals surface area contributed by atoms with E-state index < -0.39 is 5.97 Å². The molecule has 1 aliphatic heterocycles. The van der Waals surface area contributed by atoms with E-state index in [0.29, 0.717) is 30.9 Å². The molecule has 1 N–H and O–H groups in total. The molecule has 5 heteroatoms. The molecule has 1 saturated heterocycles. The van der Waals surface area contributed by atoms with E-state index in [9.17, 15) is 14.7 Å². The Bertz CT molecular complexity index is 784. The average Bonchev–Trinajstić information content (AvgIpc) is 2.73. The molecular formula is C23H27NO4. The van der Waals surface area contributed by atoms with E-state index in [4.69, 9.17) is 4.74 Å². The van der Waals surface area contributed by atoms with Crippen molar-refractivity contribution in [2.24, 2.45) is 5.92 Å².